The molecule has 0 fully saturated rings. The molecular weight excluding hydrogens is 450 g/mol. The van der Waals surface area contributed by atoms with Crippen LogP contribution in [-0.4, -0.2) is 69.9 Å². The normalized spacial score (nSPS) is 15.4. The van der Waals surface area contributed by atoms with Crippen molar-refractivity contribution in [2.75, 3.05) is 0 Å². The SMILES string of the molecule is CCC(C)C(NC(=O)C(CCC(=O)O)NC(=O)C(N)CCC(N)=O)C(=O)NC(C(=O)O)C(C)C. The van der Waals surface area contributed by atoms with Gasteiger partial charge in [-0.3, -0.25) is 24.0 Å². The van der Waals surface area contributed by atoms with Gasteiger partial charge >= 0.3 is 11.9 Å². The first-order valence-electron chi connectivity index (χ1n) is 11.1. The second kappa shape index (κ2) is 14.8. The van der Waals surface area contributed by atoms with E-state index in [9.17, 15) is 33.9 Å². The summed E-state index contributed by atoms with van der Waals surface area (Å²) < 4.78 is 0. The fourth-order valence-electron chi connectivity index (χ4n) is 2.96. The monoisotopic (exact) mass is 487 g/mol. The highest BCUT2D eigenvalue weighted by molar-refractivity contribution is 5.94. The Hall–Kier alpha value is -3.22. The number of hydrogen-bond acceptors (Lipinski definition) is 7. The number of carboxylic acid groups (broad SMARTS) is 2. The summed E-state index contributed by atoms with van der Waals surface area (Å²) >= 11 is 0. The van der Waals surface area contributed by atoms with Gasteiger partial charge in [0.2, 0.25) is 23.6 Å². The van der Waals surface area contributed by atoms with Crippen molar-refractivity contribution in [3.8, 4) is 0 Å². The van der Waals surface area contributed by atoms with Gasteiger partial charge in [0.15, 0.2) is 0 Å². The van der Waals surface area contributed by atoms with E-state index in [4.69, 9.17) is 16.6 Å². The molecule has 0 radical (unpaired) electrons. The molecule has 9 N–H and O–H groups in total. The third-order valence-electron chi connectivity index (χ3n) is 5.34. The van der Waals surface area contributed by atoms with Crippen molar-refractivity contribution in [2.45, 2.75) is 84.0 Å². The van der Waals surface area contributed by atoms with E-state index in [1.54, 1.807) is 27.7 Å². The molecule has 0 saturated carbocycles. The van der Waals surface area contributed by atoms with Gasteiger partial charge in [-0.05, 0) is 24.7 Å². The molecular formula is C21H37N5O8. The zero-order chi connectivity index (χ0) is 26.6. The van der Waals surface area contributed by atoms with E-state index in [1.807, 2.05) is 0 Å². The van der Waals surface area contributed by atoms with Gasteiger partial charge < -0.3 is 37.6 Å². The number of carbonyl (C=O) groups is 6. The van der Waals surface area contributed by atoms with Crippen LogP contribution in [0.1, 0.15) is 59.8 Å². The van der Waals surface area contributed by atoms with Gasteiger partial charge in [-0.1, -0.05) is 34.1 Å². The molecule has 34 heavy (non-hydrogen) atoms. The maximum Gasteiger partial charge on any atom is 0.326 e. The summed E-state index contributed by atoms with van der Waals surface area (Å²) in [6, 6.07) is -4.81. The Labute approximate surface area is 198 Å². The molecule has 0 spiro atoms. The zero-order valence-corrected chi connectivity index (χ0v) is 20.0. The van der Waals surface area contributed by atoms with Gasteiger partial charge in [0.1, 0.15) is 18.1 Å². The number of rotatable bonds is 16. The summed E-state index contributed by atoms with van der Waals surface area (Å²) in [7, 11) is 0. The van der Waals surface area contributed by atoms with Crippen molar-refractivity contribution in [3.05, 3.63) is 0 Å². The minimum absolute atomic E-state index is 0.0713. The Morgan fingerprint density at radius 1 is 0.794 bits per heavy atom. The summed E-state index contributed by atoms with van der Waals surface area (Å²) in [6.45, 7) is 6.69. The van der Waals surface area contributed by atoms with Gasteiger partial charge in [0.25, 0.3) is 0 Å². The van der Waals surface area contributed by atoms with E-state index in [1.165, 1.54) is 0 Å². The molecule has 0 aromatic heterocycles. The van der Waals surface area contributed by atoms with Crippen LogP contribution in [0.25, 0.3) is 0 Å². The van der Waals surface area contributed by atoms with Crippen molar-refractivity contribution >= 4 is 35.6 Å². The minimum atomic E-state index is -1.33. The van der Waals surface area contributed by atoms with Crippen LogP contribution in [0.3, 0.4) is 0 Å². The largest absolute Gasteiger partial charge is 0.481 e. The standard InChI is InChI=1S/C21H37N5O8/c1-5-11(4)17(20(32)25-16(10(2)3)21(33)34)26-19(31)13(7-9-15(28)29)24-18(30)12(22)6-8-14(23)27/h10-13,16-17H,5-9,22H2,1-4H3,(H2,23,27)(H,24,30)(H,25,32)(H,26,31)(H,28,29)(H,33,34). The van der Waals surface area contributed by atoms with Gasteiger partial charge in [0, 0.05) is 12.8 Å². The molecule has 0 heterocycles. The Bertz CT molecular complexity index is 757. The lowest BCUT2D eigenvalue weighted by Crippen LogP contribution is -2.59. The molecule has 13 nitrogen and oxygen atoms in total. The smallest absolute Gasteiger partial charge is 0.326 e. The molecule has 13 heteroatoms. The Morgan fingerprint density at radius 2 is 1.35 bits per heavy atom. The van der Waals surface area contributed by atoms with E-state index in [-0.39, 0.29) is 19.3 Å². The van der Waals surface area contributed by atoms with Crippen molar-refractivity contribution in [3.63, 3.8) is 0 Å². The maximum absolute atomic E-state index is 12.9. The third-order valence-corrected chi connectivity index (χ3v) is 5.34. The number of amides is 4. The van der Waals surface area contributed by atoms with Gasteiger partial charge in [0.05, 0.1) is 6.04 Å². The van der Waals surface area contributed by atoms with E-state index in [2.05, 4.69) is 16.0 Å². The number of nitrogens with two attached hydrogens (primary N) is 2. The Balaban J connectivity index is 5.59. The second-order valence-electron chi connectivity index (χ2n) is 8.55. The van der Waals surface area contributed by atoms with Gasteiger partial charge in [-0.25, -0.2) is 4.79 Å². The molecule has 0 aromatic rings. The number of hydrogen-bond donors (Lipinski definition) is 7. The predicted octanol–water partition coefficient (Wildman–Crippen LogP) is -1.31. The first kappa shape index (κ1) is 30.8. The van der Waals surface area contributed by atoms with Crippen LogP contribution >= 0.6 is 0 Å². The first-order chi connectivity index (χ1) is 15.7. The molecule has 0 aliphatic rings. The summed E-state index contributed by atoms with van der Waals surface area (Å²) in [5.41, 5.74) is 10.8. The zero-order valence-electron chi connectivity index (χ0n) is 20.0. The second-order valence-corrected chi connectivity index (χ2v) is 8.55. The molecule has 0 saturated heterocycles. The van der Waals surface area contributed by atoms with Gasteiger partial charge in [-0.15, -0.1) is 0 Å². The van der Waals surface area contributed by atoms with Crippen LogP contribution in [0, 0.1) is 11.8 Å². The quantitative estimate of drug-likeness (QED) is 0.137. The van der Waals surface area contributed by atoms with Crippen LogP contribution < -0.4 is 27.4 Å². The highest BCUT2D eigenvalue weighted by Crippen LogP contribution is 2.11. The summed E-state index contributed by atoms with van der Waals surface area (Å²) in [4.78, 5) is 71.5. The maximum atomic E-state index is 12.9. The average molecular weight is 488 g/mol. The van der Waals surface area contributed by atoms with Crippen molar-refractivity contribution in [1.29, 1.82) is 0 Å². The number of primary amides is 1. The van der Waals surface area contributed by atoms with Crippen LogP contribution in [0.5, 0.6) is 0 Å². The average Bonchev–Trinajstić information content (AvgIpc) is 2.74. The molecule has 0 bridgehead atoms. The lowest BCUT2D eigenvalue weighted by Gasteiger charge is -2.28. The first-order valence-corrected chi connectivity index (χ1v) is 11.1. The fourth-order valence-corrected chi connectivity index (χ4v) is 2.96. The molecule has 5 atom stereocenters. The summed E-state index contributed by atoms with van der Waals surface area (Å²) in [5, 5.41) is 25.6. The van der Waals surface area contributed by atoms with E-state index < -0.39 is 78.0 Å². The number of aliphatic carboxylic acids is 2. The van der Waals surface area contributed by atoms with Crippen LogP contribution in [-0.2, 0) is 28.8 Å². The molecule has 194 valence electrons. The number of nitrogens with one attached hydrogen (secondary N) is 3. The van der Waals surface area contributed by atoms with Crippen LogP contribution in [0.2, 0.25) is 0 Å². The Morgan fingerprint density at radius 3 is 1.79 bits per heavy atom. The lowest BCUT2D eigenvalue weighted by atomic mass is 9.96. The summed E-state index contributed by atoms with van der Waals surface area (Å²) in [6.07, 6.45) is -0.505. The van der Waals surface area contributed by atoms with Crippen molar-refractivity contribution in [1.82, 2.24) is 16.0 Å². The molecule has 0 aromatic carbocycles. The number of carboxylic acids is 2. The molecule has 0 rings (SSSR count). The molecule has 4 amide bonds. The predicted molar refractivity (Wildman–Crippen MR) is 121 cm³/mol. The molecule has 0 aliphatic heterocycles. The van der Waals surface area contributed by atoms with Crippen LogP contribution in [0.4, 0.5) is 0 Å². The highest BCUT2D eigenvalue weighted by atomic mass is 16.4. The third kappa shape index (κ3) is 11.1. The highest BCUT2D eigenvalue weighted by Gasteiger charge is 2.33. The molecule has 5 unspecified atom stereocenters. The summed E-state index contributed by atoms with van der Waals surface area (Å²) in [5.74, 6) is -6.25. The van der Waals surface area contributed by atoms with Crippen molar-refractivity contribution in [2.24, 2.45) is 23.3 Å². The van der Waals surface area contributed by atoms with Crippen LogP contribution in [0.15, 0.2) is 0 Å². The van der Waals surface area contributed by atoms with E-state index in [0.717, 1.165) is 0 Å². The number of carbonyl (C=O) groups excluding carboxylic acids is 4. The van der Waals surface area contributed by atoms with E-state index >= 15 is 0 Å². The molecule has 0 aliphatic carbocycles. The Kier molecular flexibility index (Phi) is 13.4. The van der Waals surface area contributed by atoms with Crippen molar-refractivity contribution < 1.29 is 39.0 Å². The lowest BCUT2D eigenvalue weighted by molar-refractivity contribution is -0.144. The minimum Gasteiger partial charge on any atom is -0.481 e. The fraction of sp³-hybridized carbons (Fsp3) is 0.714. The van der Waals surface area contributed by atoms with Gasteiger partial charge in [-0.2, -0.15) is 0 Å². The van der Waals surface area contributed by atoms with E-state index in [0.29, 0.717) is 6.42 Å². The topological polar surface area (TPSA) is 231 Å².